The van der Waals surface area contributed by atoms with E-state index in [2.05, 4.69) is 47.9 Å². The van der Waals surface area contributed by atoms with E-state index in [1.54, 1.807) is 14.2 Å². The normalized spacial score (nSPS) is 21.6. The molecule has 2 aromatic rings. The van der Waals surface area contributed by atoms with Crippen LogP contribution in [0.4, 0.5) is 11.6 Å². The van der Waals surface area contributed by atoms with Crippen LogP contribution in [0.3, 0.4) is 0 Å². The van der Waals surface area contributed by atoms with Crippen molar-refractivity contribution in [2.45, 2.75) is 24.9 Å². The third kappa shape index (κ3) is 5.23. The first kappa shape index (κ1) is 25.8. The molecule has 2 fully saturated rings. The maximum absolute atomic E-state index is 6.42. The first-order valence-corrected chi connectivity index (χ1v) is 13.9. The standard InChI is InChI=1S/C28H35ClN8O2/c1-38-25-15-26(39-2)23(29)14-22(25)24-18-37-8-5-20(13-27(37)33-24)35-9-11-36(12-10-35)28-31-16-21(17-32-28)34-6-3-19(30)4-7-34/h5,8,13-17,19,24H,3-4,6-7,9-12,18,30H2,1-2H3. The molecule has 4 aliphatic rings. The van der Waals surface area contributed by atoms with Crippen molar-refractivity contribution in [1.82, 2.24) is 19.8 Å². The van der Waals surface area contributed by atoms with E-state index in [-0.39, 0.29) is 6.04 Å². The number of hydrogen-bond donors (Lipinski definition) is 1. The van der Waals surface area contributed by atoms with E-state index < -0.39 is 0 Å². The monoisotopic (exact) mass is 550 g/mol. The lowest BCUT2D eigenvalue weighted by Gasteiger charge is -2.37. The van der Waals surface area contributed by atoms with Gasteiger partial charge in [-0.25, -0.2) is 9.97 Å². The summed E-state index contributed by atoms with van der Waals surface area (Å²) in [7, 11) is 3.26. The number of rotatable bonds is 6. The lowest BCUT2D eigenvalue weighted by molar-refractivity contribution is 0.327. The molecule has 0 spiro atoms. The van der Waals surface area contributed by atoms with E-state index in [4.69, 9.17) is 31.8 Å². The maximum Gasteiger partial charge on any atom is 0.225 e. The van der Waals surface area contributed by atoms with Gasteiger partial charge in [0.25, 0.3) is 0 Å². The molecular formula is C28H35ClN8O2. The van der Waals surface area contributed by atoms with E-state index in [9.17, 15) is 0 Å². The van der Waals surface area contributed by atoms with Crippen LogP contribution in [0.5, 0.6) is 11.5 Å². The van der Waals surface area contributed by atoms with Crippen molar-refractivity contribution in [2.75, 3.05) is 69.8 Å². The minimum absolute atomic E-state index is 0.0720. The largest absolute Gasteiger partial charge is 0.496 e. The summed E-state index contributed by atoms with van der Waals surface area (Å²) < 4.78 is 11.0. The fraction of sp³-hybridized carbons (Fsp3) is 0.464. The summed E-state index contributed by atoms with van der Waals surface area (Å²) >= 11 is 6.42. The lowest BCUT2D eigenvalue weighted by Crippen LogP contribution is -2.47. The average molecular weight is 551 g/mol. The van der Waals surface area contributed by atoms with E-state index in [0.717, 1.165) is 87.4 Å². The lowest BCUT2D eigenvalue weighted by atomic mass is 10.1. The molecule has 1 aromatic carbocycles. The van der Waals surface area contributed by atoms with Crippen LogP contribution >= 0.6 is 11.6 Å². The number of fused-ring (bicyclic) bond motifs is 1. The molecule has 0 saturated carbocycles. The van der Waals surface area contributed by atoms with Crippen LogP contribution in [0.2, 0.25) is 5.02 Å². The van der Waals surface area contributed by atoms with Crippen molar-refractivity contribution in [3.05, 3.63) is 59.2 Å². The predicted octanol–water partition coefficient (Wildman–Crippen LogP) is 3.06. The predicted molar refractivity (Wildman–Crippen MR) is 154 cm³/mol. The number of aliphatic imine (C=N–C) groups is 1. The zero-order chi connectivity index (χ0) is 26.9. The number of amidine groups is 1. The van der Waals surface area contributed by atoms with Crippen molar-refractivity contribution < 1.29 is 9.47 Å². The molecule has 39 heavy (non-hydrogen) atoms. The number of hydrogen-bond acceptors (Lipinski definition) is 10. The number of methoxy groups -OCH3 is 2. The maximum atomic E-state index is 6.42. The van der Waals surface area contributed by atoms with E-state index in [0.29, 0.717) is 16.8 Å². The second-order valence-electron chi connectivity index (χ2n) is 10.3. The molecule has 5 heterocycles. The minimum Gasteiger partial charge on any atom is -0.496 e. The van der Waals surface area contributed by atoms with Crippen LogP contribution < -0.4 is 25.0 Å². The summed E-state index contributed by atoms with van der Waals surface area (Å²) in [5.74, 6) is 3.06. The summed E-state index contributed by atoms with van der Waals surface area (Å²) in [6, 6.07) is 3.97. The number of nitrogens with two attached hydrogens (primary N) is 1. The van der Waals surface area contributed by atoms with Gasteiger partial charge in [-0.2, -0.15) is 0 Å². The van der Waals surface area contributed by atoms with Crippen LogP contribution in [0.25, 0.3) is 0 Å². The Morgan fingerprint density at radius 2 is 1.59 bits per heavy atom. The van der Waals surface area contributed by atoms with Crippen molar-refractivity contribution in [3.8, 4) is 11.5 Å². The van der Waals surface area contributed by atoms with Crippen molar-refractivity contribution in [1.29, 1.82) is 0 Å². The van der Waals surface area contributed by atoms with Crippen molar-refractivity contribution in [3.63, 3.8) is 0 Å². The summed E-state index contributed by atoms with van der Waals surface area (Å²) in [6.07, 6.45) is 12.4. The Hall–Kier alpha value is -3.50. The van der Waals surface area contributed by atoms with Crippen LogP contribution in [-0.4, -0.2) is 91.7 Å². The Balaban J connectivity index is 1.09. The molecule has 206 valence electrons. The number of allylic oxidation sites excluding steroid dienone is 1. The van der Waals surface area contributed by atoms with Gasteiger partial charge in [-0.05, 0) is 25.0 Å². The molecule has 1 atom stereocenters. The number of piperidine rings is 1. The Morgan fingerprint density at radius 1 is 0.897 bits per heavy atom. The fourth-order valence-corrected chi connectivity index (χ4v) is 5.88. The summed E-state index contributed by atoms with van der Waals surface area (Å²) in [6.45, 7) is 6.19. The zero-order valence-corrected chi connectivity index (χ0v) is 23.2. The molecule has 0 bridgehead atoms. The Kier molecular flexibility index (Phi) is 7.22. The third-order valence-electron chi connectivity index (χ3n) is 7.97. The van der Waals surface area contributed by atoms with Gasteiger partial charge < -0.3 is 34.8 Å². The SMILES string of the molecule is COc1cc(OC)c(C2CN3C=CC(N4CCN(c5ncc(N6CCC(N)CC6)cn5)CC4)=CC3=N2)cc1Cl. The number of halogens is 1. The summed E-state index contributed by atoms with van der Waals surface area (Å²) in [5, 5.41) is 0.554. The van der Waals surface area contributed by atoms with Gasteiger partial charge in [0.1, 0.15) is 17.3 Å². The molecular weight excluding hydrogens is 516 g/mol. The van der Waals surface area contributed by atoms with Crippen LogP contribution in [0, 0.1) is 0 Å². The van der Waals surface area contributed by atoms with E-state index in [1.807, 2.05) is 24.5 Å². The molecule has 0 aliphatic carbocycles. The van der Waals surface area contributed by atoms with Gasteiger partial charge in [-0.1, -0.05) is 11.6 Å². The fourth-order valence-electron chi connectivity index (χ4n) is 5.63. The highest BCUT2D eigenvalue weighted by atomic mass is 35.5. The molecule has 11 heteroatoms. The molecule has 4 aliphatic heterocycles. The molecule has 1 unspecified atom stereocenters. The number of benzene rings is 1. The van der Waals surface area contributed by atoms with Crippen molar-refractivity contribution >= 4 is 29.1 Å². The topological polar surface area (TPSA) is 95.6 Å². The average Bonchev–Trinajstić information content (AvgIpc) is 3.41. The highest BCUT2D eigenvalue weighted by Crippen LogP contribution is 2.39. The van der Waals surface area contributed by atoms with Crippen LogP contribution in [-0.2, 0) is 0 Å². The minimum atomic E-state index is -0.0720. The van der Waals surface area contributed by atoms with Gasteiger partial charge in [0, 0.05) is 74.9 Å². The van der Waals surface area contributed by atoms with Crippen LogP contribution in [0.1, 0.15) is 24.4 Å². The van der Waals surface area contributed by atoms with Gasteiger partial charge in [0.2, 0.25) is 5.95 Å². The summed E-state index contributed by atoms with van der Waals surface area (Å²) in [4.78, 5) is 23.5. The van der Waals surface area contributed by atoms with Gasteiger partial charge in [-0.15, -0.1) is 0 Å². The summed E-state index contributed by atoms with van der Waals surface area (Å²) in [5.41, 5.74) is 9.25. The number of anilines is 2. The molecule has 2 saturated heterocycles. The Bertz CT molecular complexity index is 1280. The van der Waals surface area contributed by atoms with Crippen molar-refractivity contribution in [2.24, 2.45) is 10.7 Å². The Labute approximate surface area is 234 Å². The van der Waals surface area contributed by atoms with Gasteiger partial charge in [0.15, 0.2) is 0 Å². The van der Waals surface area contributed by atoms with E-state index >= 15 is 0 Å². The first-order valence-electron chi connectivity index (χ1n) is 13.5. The second kappa shape index (κ2) is 10.9. The highest BCUT2D eigenvalue weighted by Gasteiger charge is 2.30. The molecule has 2 N–H and O–H groups in total. The molecule has 10 nitrogen and oxygen atoms in total. The smallest absolute Gasteiger partial charge is 0.225 e. The molecule has 0 radical (unpaired) electrons. The molecule has 0 amide bonds. The van der Waals surface area contributed by atoms with Gasteiger partial charge in [0.05, 0.1) is 49.9 Å². The second-order valence-corrected chi connectivity index (χ2v) is 10.7. The van der Waals surface area contributed by atoms with Crippen LogP contribution in [0.15, 0.2) is 53.6 Å². The highest BCUT2D eigenvalue weighted by molar-refractivity contribution is 6.32. The number of piperazine rings is 1. The number of aromatic nitrogens is 2. The first-order chi connectivity index (χ1) is 19.0. The van der Waals surface area contributed by atoms with Gasteiger partial charge in [-0.3, -0.25) is 4.99 Å². The Morgan fingerprint density at radius 3 is 2.28 bits per heavy atom. The number of nitrogens with zero attached hydrogens (tertiary/aromatic N) is 7. The van der Waals surface area contributed by atoms with E-state index in [1.165, 1.54) is 5.70 Å². The molecule has 6 rings (SSSR count). The number of ether oxygens (including phenoxy) is 2. The molecule has 1 aromatic heterocycles. The third-order valence-corrected chi connectivity index (χ3v) is 8.27. The van der Waals surface area contributed by atoms with Gasteiger partial charge >= 0.3 is 0 Å². The quantitative estimate of drug-likeness (QED) is 0.582. The zero-order valence-electron chi connectivity index (χ0n) is 22.5.